The van der Waals surface area contributed by atoms with Crippen molar-refractivity contribution in [2.45, 2.75) is 45.1 Å². The van der Waals surface area contributed by atoms with Crippen molar-refractivity contribution in [3.63, 3.8) is 0 Å². The second-order valence-corrected chi connectivity index (χ2v) is 12.6. The number of methoxy groups -OCH3 is 1. The van der Waals surface area contributed by atoms with Crippen molar-refractivity contribution in [3.8, 4) is 28.4 Å². The van der Waals surface area contributed by atoms with Crippen LogP contribution < -0.4 is 14.2 Å². The fourth-order valence-electron chi connectivity index (χ4n) is 5.52. The van der Waals surface area contributed by atoms with Gasteiger partial charge in [0.25, 0.3) is 0 Å². The largest absolute Gasteiger partial charge is 0.494 e. The minimum atomic E-state index is -2.98. The van der Waals surface area contributed by atoms with Crippen LogP contribution in [0.25, 0.3) is 11.1 Å². The molecule has 0 N–H and O–H groups in total. The molecule has 3 aromatic rings. The summed E-state index contributed by atoms with van der Waals surface area (Å²) in [5.74, 6) is 2.17. The van der Waals surface area contributed by atoms with Gasteiger partial charge in [-0.15, -0.1) is 0 Å². The lowest BCUT2D eigenvalue weighted by Crippen LogP contribution is -2.11. The van der Waals surface area contributed by atoms with Gasteiger partial charge in [0.05, 0.1) is 32.5 Å². The van der Waals surface area contributed by atoms with E-state index in [0.717, 1.165) is 46.8 Å². The fourth-order valence-corrected chi connectivity index (χ4v) is 6.16. The van der Waals surface area contributed by atoms with Crippen LogP contribution in [0.5, 0.6) is 17.2 Å². The minimum absolute atomic E-state index is 0.00403. The van der Waals surface area contributed by atoms with E-state index < -0.39 is 9.84 Å². The van der Waals surface area contributed by atoms with Crippen LogP contribution in [0.1, 0.15) is 46.6 Å². The summed E-state index contributed by atoms with van der Waals surface area (Å²) in [6.45, 7) is 3.39. The van der Waals surface area contributed by atoms with E-state index in [1.807, 2.05) is 24.3 Å². The molecule has 5 rings (SSSR count). The molecule has 1 aliphatic heterocycles. The van der Waals surface area contributed by atoms with Gasteiger partial charge < -0.3 is 18.9 Å². The third-order valence-electron chi connectivity index (χ3n) is 7.41. The number of esters is 1. The lowest BCUT2D eigenvalue weighted by atomic mass is 9.81. The number of benzene rings is 3. The van der Waals surface area contributed by atoms with Crippen LogP contribution in [0.3, 0.4) is 0 Å². The summed E-state index contributed by atoms with van der Waals surface area (Å²) < 4.78 is 45.5. The van der Waals surface area contributed by atoms with Crippen LogP contribution in [-0.4, -0.2) is 46.7 Å². The van der Waals surface area contributed by atoms with Crippen molar-refractivity contribution in [2.24, 2.45) is 0 Å². The van der Waals surface area contributed by atoms with Gasteiger partial charge in [-0.3, -0.25) is 4.79 Å². The third-order valence-corrected chi connectivity index (χ3v) is 8.44. The molecule has 0 aromatic heterocycles. The normalized spacial score (nSPS) is 15.5. The first-order valence-electron chi connectivity index (χ1n) is 13.2. The van der Waals surface area contributed by atoms with Gasteiger partial charge in [-0.25, -0.2) is 8.42 Å². The summed E-state index contributed by atoms with van der Waals surface area (Å²) in [5.41, 5.74) is 8.31. The molecule has 0 spiro atoms. The van der Waals surface area contributed by atoms with Gasteiger partial charge in [-0.1, -0.05) is 24.3 Å². The Balaban J connectivity index is 1.28. The SMILES string of the molecule is COC(=O)CC1COc2cc(OCc3cccc4c3CCc3cc(OCCCS(C)(=O)=O)cc(C)c3-4)ccc21. The molecule has 0 amide bonds. The second-order valence-electron chi connectivity index (χ2n) is 10.3. The van der Waals surface area contributed by atoms with E-state index in [-0.39, 0.29) is 17.6 Å². The number of aryl methyl sites for hydroxylation is 2. The number of hydrogen-bond donors (Lipinski definition) is 0. The molecule has 1 aliphatic carbocycles. The van der Waals surface area contributed by atoms with E-state index >= 15 is 0 Å². The number of carbonyl (C=O) groups is 1. The molecular formula is C31H34O7S. The maximum Gasteiger partial charge on any atom is 0.306 e. The summed E-state index contributed by atoms with van der Waals surface area (Å²) in [6, 6.07) is 16.3. The Bertz CT molecular complexity index is 1490. The van der Waals surface area contributed by atoms with E-state index in [1.54, 1.807) is 0 Å². The van der Waals surface area contributed by atoms with E-state index in [9.17, 15) is 13.2 Å². The summed E-state index contributed by atoms with van der Waals surface area (Å²) in [6.07, 6.45) is 3.83. The zero-order chi connectivity index (χ0) is 27.6. The first-order valence-corrected chi connectivity index (χ1v) is 15.3. The molecule has 8 heteroatoms. The number of hydrogen-bond acceptors (Lipinski definition) is 7. The summed E-state index contributed by atoms with van der Waals surface area (Å²) in [5, 5.41) is 0. The van der Waals surface area contributed by atoms with Crippen LogP contribution in [-0.2, 0) is 38.8 Å². The highest BCUT2D eigenvalue weighted by molar-refractivity contribution is 7.90. The molecule has 7 nitrogen and oxygen atoms in total. The van der Waals surface area contributed by atoms with Gasteiger partial charge >= 0.3 is 5.97 Å². The van der Waals surface area contributed by atoms with E-state index in [4.69, 9.17) is 18.9 Å². The van der Waals surface area contributed by atoms with Gasteiger partial charge in [-0.2, -0.15) is 0 Å². The molecule has 0 saturated carbocycles. The topological polar surface area (TPSA) is 88.1 Å². The zero-order valence-electron chi connectivity index (χ0n) is 22.6. The standard InChI is InChI=1S/C31H34O7S/c1-20-14-25(36-12-5-13-39(3,33)34)15-21-8-10-26-22(6-4-7-28(26)31(20)21)18-37-24-9-11-27-23(16-30(32)35-2)19-38-29(27)17-24/h4,6-7,9,11,14-15,17,23H,5,8,10,12-13,16,18-19H2,1-3H3. The van der Waals surface area contributed by atoms with Gasteiger partial charge in [0.15, 0.2) is 0 Å². The van der Waals surface area contributed by atoms with Crippen LogP contribution in [0, 0.1) is 6.92 Å². The number of sulfone groups is 1. The van der Waals surface area contributed by atoms with E-state index in [1.165, 1.54) is 35.6 Å². The van der Waals surface area contributed by atoms with Crippen molar-refractivity contribution < 1.29 is 32.2 Å². The number of carbonyl (C=O) groups excluding carboxylic acids is 1. The highest BCUT2D eigenvalue weighted by Gasteiger charge is 2.27. The molecular weight excluding hydrogens is 516 g/mol. The van der Waals surface area contributed by atoms with Gasteiger partial charge in [0.2, 0.25) is 0 Å². The van der Waals surface area contributed by atoms with E-state index in [0.29, 0.717) is 32.7 Å². The van der Waals surface area contributed by atoms with Gasteiger partial charge in [0, 0.05) is 23.8 Å². The highest BCUT2D eigenvalue weighted by Crippen LogP contribution is 2.41. The van der Waals surface area contributed by atoms with Crippen LogP contribution in [0.4, 0.5) is 0 Å². The third kappa shape index (κ3) is 6.22. The molecule has 0 bridgehead atoms. The average Bonchev–Trinajstić information content (AvgIpc) is 3.30. The molecule has 0 fully saturated rings. The Hall–Kier alpha value is -3.52. The van der Waals surface area contributed by atoms with Crippen molar-refractivity contribution in [3.05, 3.63) is 76.3 Å². The Kier molecular flexibility index (Phi) is 7.84. The second kappa shape index (κ2) is 11.3. The highest BCUT2D eigenvalue weighted by atomic mass is 32.2. The van der Waals surface area contributed by atoms with Gasteiger partial charge in [0.1, 0.15) is 33.7 Å². The summed E-state index contributed by atoms with van der Waals surface area (Å²) >= 11 is 0. The molecule has 1 heterocycles. The summed E-state index contributed by atoms with van der Waals surface area (Å²) in [7, 11) is -1.58. The minimum Gasteiger partial charge on any atom is -0.494 e. The molecule has 1 unspecified atom stereocenters. The monoisotopic (exact) mass is 550 g/mol. The number of ether oxygens (including phenoxy) is 4. The maximum absolute atomic E-state index is 11.7. The lowest BCUT2D eigenvalue weighted by Gasteiger charge is -2.25. The molecule has 39 heavy (non-hydrogen) atoms. The Morgan fingerprint density at radius 1 is 1.05 bits per heavy atom. The number of fused-ring (bicyclic) bond motifs is 4. The fraction of sp³-hybridized carbons (Fsp3) is 0.387. The quantitative estimate of drug-likeness (QED) is 0.254. The smallest absolute Gasteiger partial charge is 0.306 e. The molecule has 206 valence electrons. The predicted octanol–water partition coefficient (Wildman–Crippen LogP) is 5.19. The van der Waals surface area contributed by atoms with Crippen LogP contribution in [0.2, 0.25) is 0 Å². The Morgan fingerprint density at radius 3 is 2.69 bits per heavy atom. The summed E-state index contributed by atoms with van der Waals surface area (Å²) in [4.78, 5) is 11.7. The zero-order valence-corrected chi connectivity index (χ0v) is 23.4. The first kappa shape index (κ1) is 27.1. The molecule has 1 atom stereocenters. The molecule has 2 aliphatic rings. The Labute approximate surface area is 230 Å². The predicted molar refractivity (Wildman–Crippen MR) is 149 cm³/mol. The lowest BCUT2D eigenvalue weighted by molar-refractivity contribution is -0.141. The Morgan fingerprint density at radius 2 is 1.90 bits per heavy atom. The van der Waals surface area contributed by atoms with E-state index in [2.05, 4.69) is 31.2 Å². The maximum atomic E-state index is 11.7. The van der Waals surface area contributed by atoms with Crippen molar-refractivity contribution in [1.82, 2.24) is 0 Å². The van der Waals surface area contributed by atoms with Crippen LogP contribution in [0.15, 0.2) is 48.5 Å². The van der Waals surface area contributed by atoms with Crippen molar-refractivity contribution in [2.75, 3.05) is 32.3 Å². The number of rotatable bonds is 10. The van der Waals surface area contributed by atoms with Gasteiger partial charge in [-0.05, 0) is 77.8 Å². The average molecular weight is 551 g/mol. The molecule has 0 radical (unpaired) electrons. The van der Waals surface area contributed by atoms with Crippen molar-refractivity contribution >= 4 is 15.8 Å². The first-order chi connectivity index (χ1) is 18.7. The van der Waals surface area contributed by atoms with Crippen LogP contribution >= 0.6 is 0 Å². The van der Waals surface area contributed by atoms with Crippen molar-refractivity contribution in [1.29, 1.82) is 0 Å². The molecule has 0 saturated heterocycles. The molecule has 3 aromatic carbocycles.